The smallest absolute Gasteiger partial charge is 0.268 e. The second-order valence-electron chi connectivity index (χ2n) is 11.1. The molecule has 0 N–H and O–H groups in total. The molecule has 0 radical (unpaired) electrons. The van der Waals surface area contributed by atoms with Crippen molar-refractivity contribution in [3.05, 3.63) is 0 Å². The first kappa shape index (κ1) is 36.0. The van der Waals surface area contributed by atoms with Crippen LogP contribution in [-0.4, -0.2) is 71.3 Å². The standard InChI is InChI=1S/C28H60NO6P/c1-6-8-10-11-12-13-14-15-16-17-18-19-20-21-23-32-26-28(33-24-9-7-2)27-35-36(30,31)34-25-22-29(3,4)5/h28H,6-27H2,1-5H3. The molecular weight excluding hydrogens is 477 g/mol. The van der Waals surface area contributed by atoms with Gasteiger partial charge in [0.1, 0.15) is 19.3 Å². The summed E-state index contributed by atoms with van der Waals surface area (Å²) in [5.74, 6) is 0. The second kappa shape index (κ2) is 24.1. The third kappa shape index (κ3) is 27.0. The Labute approximate surface area is 223 Å². The number of quaternary nitrogens is 1. The highest BCUT2D eigenvalue weighted by atomic mass is 31.2. The summed E-state index contributed by atoms with van der Waals surface area (Å²) in [6.45, 7) is 6.53. The molecule has 0 aliphatic heterocycles. The molecule has 0 aromatic carbocycles. The van der Waals surface area contributed by atoms with Crippen LogP contribution < -0.4 is 4.89 Å². The van der Waals surface area contributed by atoms with Crippen LogP contribution in [0.1, 0.15) is 117 Å². The van der Waals surface area contributed by atoms with Crippen LogP contribution in [0.15, 0.2) is 0 Å². The zero-order valence-electron chi connectivity index (χ0n) is 24.5. The van der Waals surface area contributed by atoms with Crippen LogP contribution in [0.25, 0.3) is 0 Å². The molecule has 2 atom stereocenters. The van der Waals surface area contributed by atoms with E-state index in [9.17, 15) is 9.46 Å². The zero-order valence-corrected chi connectivity index (χ0v) is 25.4. The van der Waals surface area contributed by atoms with Crippen LogP contribution in [0.4, 0.5) is 0 Å². The van der Waals surface area contributed by atoms with Crippen molar-refractivity contribution in [2.24, 2.45) is 0 Å². The zero-order chi connectivity index (χ0) is 27.0. The SMILES string of the molecule is CCCCCCCCCCCCCCCCOCC(COP(=O)([O-])OCC[N+](C)(C)C)OCCCC. The van der Waals surface area contributed by atoms with Crippen LogP contribution in [-0.2, 0) is 23.1 Å². The van der Waals surface area contributed by atoms with Gasteiger partial charge in [-0.1, -0.05) is 104 Å². The average molecular weight is 538 g/mol. The van der Waals surface area contributed by atoms with Gasteiger partial charge in [-0.15, -0.1) is 0 Å². The Kier molecular flexibility index (Phi) is 24.1. The number of phosphoric acid groups is 1. The van der Waals surface area contributed by atoms with Gasteiger partial charge in [-0.25, -0.2) is 0 Å². The minimum atomic E-state index is -4.34. The Hall–Kier alpha value is -0.0100. The van der Waals surface area contributed by atoms with Gasteiger partial charge in [0.05, 0.1) is 34.4 Å². The average Bonchev–Trinajstić information content (AvgIpc) is 2.81. The van der Waals surface area contributed by atoms with Crippen molar-refractivity contribution in [2.45, 2.75) is 123 Å². The monoisotopic (exact) mass is 537 g/mol. The van der Waals surface area contributed by atoms with Gasteiger partial charge in [-0.2, -0.15) is 0 Å². The molecular formula is C28H60NO6P. The summed E-state index contributed by atoms with van der Waals surface area (Å²) in [6.07, 6.45) is 20.1. The summed E-state index contributed by atoms with van der Waals surface area (Å²) in [7, 11) is 1.59. The number of ether oxygens (including phenoxy) is 2. The lowest BCUT2D eigenvalue weighted by molar-refractivity contribution is -0.870. The normalized spacial score (nSPS) is 14.7. The third-order valence-electron chi connectivity index (χ3n) is 6.23. The molecule has 0 aromatic heterocycles. The van der Waals surface area contributed by atoms with Crippen molar-refractivity contribution < 1.29 is 32.5 Å². The van der Waals surface area contributed by atoms with Crippen molar-refractivity contribution in [3.8, 4) is 0 Å². The molecule has 8 heteroatoms. The van der Waals surface area contributed by atoms with E-state index < -0.39 is 13.9 Å². The predicted molar refractivity (Wildman–Crippen MR) is 148 cm³/mol. The van der Waals surface area contributed by atoms with E-state index in [2.05, 4.69) is 13.8 Å². The van der Waals surface area contributed by atoms with Gasteiger partial charge in [0.25, 0.3) is 7.82 Å². The summed E-state index contributed by atoms with van der Waals surface area (Å²) in [5, 5.41) is 0. The fraction of sp³-hybridized carbons (Fsp3) is 1.00. The van der Waals surface area contributed by atoms with E-state index in [1.54, 1.807) is 0 Å². The molecule has 0 amide bonds. The number of hydrogen-bond acceptors (Lipinski definition) is 6. The molecule has 0 aliphatic carbocycles. The minimum absolute atomic E-state index is 0.0758. The van der Waals surface area contributed by atoms with Gasteiger partial charge >= 0.3 is 0 Å². The maximum absolute atomic E-state index is 12.1. The Balaban J connectivity index is 3.82. The molecule has 0 saturated carbocycles. The first-order valence-electron chi connectivity index (χ1n) is 14.8. The number of nitrogens with zero attached hydrogens (tertiary/aromatic N) is 1. The highest BCUT2D eigenvalue weighted by Crippen LogP contribution is 2.38. The highest BCUT2D eigenvalue weighted by Gasteiger charge is 2.17. The van der Waals surface area contributed by atoms with Gasteiger partial charge in [0, 0.05) is 13.2 Å². The number of rotatable bonds is 28. The topological polar surface area (TPSA) is 77.1 Å². The Morgan fingerprint density at radius 3 is 1.64 bits per heavy atom. The predicted octanol–water partition coefficient (Wildman–Crippen LogP) is 6.88. The minimum Gasteiger partial charge on any atom is -0.756 e. The quantitative estimate of drug-likeness (QED) is 0.0615. The van der Waals surface area contributed by atoms with Gasteiger partial charge in [-0.05, 0) is 12.8 Å². The third-order valence-corrected chi connectivity index (χ3v) is 7.19. The molecule has 218 valence electrons. The summed E-state index contributed by atoms with van der Waals surface area (Å²) in [4.78, 5) is 12.1. The molecule has 0 spiro atoms. The summed E-state index contributed by atoms with van der Waals surface area (Å²) in [5.41, 5.74) is 0. The van der Waals surface area contributed by atoms with Gasteiger partial charge in [-0.3, -0.25) is 4.57 Å². The largest absolute Gasteiger partial charge is 0.756 e. The van der Waals surface area contributed by atoms with Crippen molar-refractivity contribution in [3.63, 3.8) is 0 Å². The molecule has 2 unspecified atom stereocenters. The summed E-state index contributed by atoms with van der Waals surface area (Å²) in [6, 6.07) is 0. The van der Waals surface area contributed by atoms with Crippen LogP contribution in [0.3, 0.4) is 0 Å². The van der Waals surface area contributed by atoms with E-state index in [1.165, 1.54) is 83.5 Å². The fourth-order valence-electron chi connectivity index (χ4n) is 3.79. The first-order chi connectivity index (χ1) is 17.2. The summed E-state index contributed by atoms with van der Waals surface area (Å²) >= 11 is 0. The van der Waals surface area contributed by atoms with Crippen molar-refractivity contribution in [1.82, 2.24) is 0 Å². The molecule has 0 aromatic rings. The number of likely N-dealkylation sites (N-methyl/N-ethyl adjacent to an activating group) is 1. The molecule has 0 bridgehead atoms. The lowest BCUT2D eigenvalue weighted by Gasteiger charge is -2.28. The molecule has 7 nitrogen and oxygen atoms in total. The Bertz CT molecular complexity index is 515. The Morgan fingerprint density at radius 1 is 0.639 bits per heavy atom. The number of phosphoric ester groups is 1. The van der Waals surface area contributed by atoms with Gasteiger partial charge in [0.15, 0.2) is 0 Å². The number of hydrogen-bond donors (Lipinski definition) is 0. The second-order valence-corrected chi connectivity index (χ2v) is 12.5. The first-order valence-corrected chi connectivity index (χ1v) is 16.3. The van der Waals surface area contributed by atoms with E-state index in [1.807, 2.05) is 21.1 Å². The van der Waals surface area contributed by atoms with E-state index in [4.69, 9.17) is 18.5 Å². The lowest BCUT2D eigenvalue weighted by atomic mass is 10.0. The van der Waals surface area contributed by atoms with Crippen LogP contribution in [0.2, 0.25) is 0 Å². The maximum Gasteiger partial charge on any atom is 0.268 e. The molecule has 0 saturated heterocycles. The summed E-state index contributed by atoms with van der Waals surface area (Å²) < 4.78 is 34.3. The van der Waals surface area contributed by atoms with Crippen LogP contribution >= 0.6 is 7.82 Å². The fourth-order valence-corrected chi connectivity index (χ4v) is 4.52. The maximum atomic E-state index is 12.1. The number of unbranched alkanes of at least 4 members (excludes halogenated alkanes) is 14. The Morgan fingerprint density at radius 2 is 1.14 bits per heavy atom. The molecule has 0 aliphatic rings. The van der Waals surface area contributed by atoms with Gasteiger partial charge in [0.2, 0.25) is 0 Å². The van der Waals surface area contributed by atoms with E-state index in [0.717, 1.165) is 19.3 Å². The molecule has 36 heavy (non-hydrogen) atoms. The molecule has 0 rings (SSSR count). The van der Waals surface area contributed by atoms with E-state index in [0.29, 0.717) is 30.8 Å². The van der Waals surface area contributed by atoms with Crippen molar-refractivity contribution in [2.75, 3.05) is 60.7 Å². The van der Waals surface area contributed by atoms with Crippen LogP contribution in [0, 0.1) is 0 Å². The van der Waals surface area contributed by atoms with E-state index >= 15 is 0 Å². The van der Waals surface area contributed by atoms with Crippen molar-refractivity contribution >= 4 is 7.82 Å². The molecule has 0 heterocycles. The lowest BCUT2D eigenvalue weighted by Crippen LogP contribution is -2.37. The van der Waals surface area contributed by atoms with Crippen LogP contribution in [0.5, 0.6) is 0 Å². The van der Waals surface area contributed by atoms with E-state index in [-0.39, 0.29) is 13.2 Å². The highest BCUT2D eigenvalue weighted by molar-refractivity contribution is 7.45. The van der Waals surface area contributed by atoms with Gasteiger partial charge < -0.3 is 27.9 Å². The molecule has 0 fully saturated rings. The van der Waals surface area contributed by atoms with Crippen molar-refractivity contribution in [1.29, 1.82) is 0 Å².